The van der Waals surface area contributed by atoms with Gasteiger partial charge < -0.3 is 16.0 Å². The fourth-order valence-electron chi connectivity index (χ4n) is 1.37. The highest BCUT2D eigenvalue weighted by molar-refractivity contribution is 9.10. The number of aromatic nitrogens is 1. The monoisotopic (exact) mass is 375 g/mol. The second-order valence-corrected chi connectivity index (χ2v) is 5.34. The maximum atomic E-state index is 12.9. The van der Waals surface area contributed by atoms with Gasteiger partial charge in [0.05, 0.1) is 11.3 Å². The van der Waals surface area contributed by atoms with Crippen molar-refractivity contribution in [3.63, 3.8) is 0 Å². The Hall–Kier alpha value is -1.86. The summed E-state index contributed by atoms with van der Waals surface area (Å²) in [4.78, 5) is 21.6. The number of nitrogen functional groups attached to an aromatic ring is 1. The van der Waals surface area contributed by atoms with Gasteiger partial charge in [-0.1, -0.05) is 33.6 Å². The molecule has 5 nitrogen and oxygen atoms in total. The van der Waals surface area contributed by atoms with Crippen molar-refractivity contribution >= 4 is 39.1 Å². The number of anilines is 1. The Morgan fingerprint density at radius 2 is 2.05 bits per heavy atom. The van der Waals surface area contributed by atoms with E-state index in [1.807, 2.05) is 24.3 Å². The molecule has 2 rings (SSSR count). The molecule has 1 amide bonds. The second-order valence-electron chi connectivity index (χ2n) is 3.99. The lowest BCUT2D eigenvalue weighted by Crippen LogP contribution is -2.26. The van der Waals surface area contributed by atoms with Crippen LogP contribution in [0.4, 0.5) is 10.1 Å². The number of hydrogen-bond donors (Lipinski definition) is 2. The zero-order valence-electron chi connectivity index (χ0n) is 10.9. The van der Waals surface area contributed by atoms with Gasteiger partial charge in [0.25, 0.3) is 11.5 Å². The van der Waals surface area contributed by atoms with Crippen LogP contribution in [0.15, 0.2) is 39.7 Å². The molecule has 0 saturated heterocycles. The van der Waals surface area contributed by atoms with E-state index in [0.717, 1.165) is 20.3 Å². The van der Waals surface area contributed by atoms with Gasteiger partial charge in [0.15, 0.2) is 0 Å². The van der Waals surface area contributed by atoms with Gasteiger partial charge >= 0.3 is 0 Å². The first kappa shape index (κ1) is 17.2. The summed E-state index contributed by atoms with van der Waals surface area (Å²) in [5, 5.41) is 0.763. The first-order valence-electron chi connectivity index (χ1n) is 5.59. The van der Waals surface area contributed by atoms with Crippen LogP contribution in [0.25, 0.3) is 0 Å². The predicted octanol–water partition coefficient (Wildman–Crippen LogP) is 2.31. The average Bonchev–Trinajstić information content (AvgIpc) is 2.40. The molecule has 112 valence electrons. The normalized spacial score (nSPS) is 9.71. The lowest BCUT2D eigenvalue weighted by Gasteiger charge is -2.04. The molecule has 21 heavy (non-hydrogen) atoms. The first-order valence-corrected chi connectivity index (χ1v) is 6.76. The highest BCUT2D eigenvalue weighted by Crippen LogP contribution is 2.14. The predicted molar refractivity (Wildman–Crippen MR) is 83.7 cm³/mol. The standard InChI is InChI=1S/C7H8FN3O2.C6H4BrCl/c1-11-2-3(6(10)12)5(9)4(8)7(11)13;7-5-2-1-3-6(8)4-5/h2H,9H2,1H3,(H2,10,12);1-4H. The van der Waals surface area contributed by atoms with Crippen LogP contribution < -0.4 is 17.0 Å². The number of hydrogen-bond acceptors (Lipinski definition) is 3. The van der Waals surface area contributed by atoms with Crippen molar-refractivity contribution in [3.05, 3.63) is 61.7 Å². The van der Waals surface area contributed by atoms with Gasteiger partial charge in [0.2, 0.25) is 5.82 Å². The van der Waals surface area contributed by atoms with Crippen LogP contribution in [0.3, 0.4) is 0 Å². The third-order valence-corrected chi connectivity index (χ3v) is 3.14. The second kappa shape index (κ2) is 7.24. The van der Waals surface area contributed by atoms with Gasteiger partial charge in [-0.15, -0.1) is 0 Å². The minimum Gasteiger partial charge on any atom is -0.395 e. The molecule has 0 saturated carbocycles. The molecule has 0 spiro atoms. The molecule has 0 aliphatic carbocycles. The molecule has 2 aromatic rings. The van der Waals surface area contributed by atoms with E-state index in [0.29, 0.717) is 0 Å². The Bertz CT molecular complexity index is 717. The molecular formula is C13H12BrClFN3O2. The summed E-state index contributed by atoms with van der Waals surface area (Å²) in [6.07, 6.45) is 1.10. The molecule has 4 N–H and O–H groups in total. The van der Waals surface area contributed by atoms with Gasteiger partial charge in [-0.05, 0) is 18.2 Å². The number of rotatable bonds is 1. The van der Waals surface area contributed by atoms with Crippen LogP contribution in [0.5, 0.6) is 0 Å². The van der Waals surface area contributed by atoms with Gasteiger partial charge in [-0.3, -0.25) is 9.59 Å². The minimum atomic E-state index is -1.15. The van der Waals surface area contributed by atoms with Crippen molar-refractivity contribution < 1.29 is 9.18 Å². The van der Waals surface area contributed by atoms with Gasteiger partial charge in [0.1, 0.15) is 0 Å². The van der Waals surface area contributed by atoms with E-state index in [2.05, 4.69) is 15.9 Å². The zero-order valence-corrected chi connectivity index (χ0v) is 13.3. The molecule has 1 heterocycles. The molecule has 0 aliphatic heterocycles. The zero-order chi connectivity index (χ0) is 16.2. The number of aryl methyl sites for hydroxylation is 1. The van der Waals surface area contributed by atoms with Crippen molar-refractivity contribution in [2.45, 2.75) is 0 Å². The summed E-state index contributed by atoms with van der Waals surface area (Å²) in [5.74, 6) is -2.02. The van der Waals surface area contributed by atoms with E-state index < -0.39 is 23.0 Å². The van der Waals surface area contributed by atoms with Gasteiger partial charge in [0, 0.05) is 22.7 Å². The van der Waals surface area contributed by atoms with Crippen LogP contribution in [0, 0.1) is 5.82 Å². The molecule has 0 unspecified atom stereocenters. The molecule has 1 aromatic heterocycles. The van der Waals surface area contributed by atoms with Crippen molar-refractivity contribution in [2.24, 2.45) is 12.8 Å². The SMILES string of the molecule is Clc1cccc(Br)c1.Cn1cc(C(N)=O)c(N)c(F)c1=O. The Kier molecular flexibility index (Phi) is 5.92. The van der Waals surface area contributed by atoms with Crippen LogP contribution >= 0.6 is 27.5 Å². The molecule has 0 fully saturated rings. The van der Waals surface area contributed by atoms with Gasteiger partial charge in [-0.25, -0.2) is 0 Å². The highest BCUT2D eigenvalue weighted by Gasteiger charge is 2.14. The molecule has 0 radical (unpaired) electrons. The third-order valence-electron chi connectivity index (χ3n) is 2.41. The van der Waals surface area contributed by atoms with E-state index in [4.69, 9.17) is 23.1 Å². The summed E-state index contributed by atoms with van der Waals surface area (Å²) >= 11 is 8.89. The molecule has 8 heteroatoms. The number of nitrogens with two attached hydrogens (primary N) is 2. The Morgan fingerprint density at radius 3 is 2.48 bits per heavy atom. The average molecular weight is 377 g/mol. The van der Waals surface area contributed by atoms with E-state index in [1.54, 1.807) is 0 Å². The third kappa shape index (κ3) is 4.57. The van der Waals surface area contributed by atoms with Crippen molar-refractivity contribution in [2.75, 3.05) is 5.73 Å². The fraction of sp³-hybridized carbons (Fsp3) is 0.0769. The van der Waals surface area contributed by atoms with Crippen LogP contribution in [0.1, 0.15) is 10.4 Å². The lowest BCUT2D eigenvalue weighted by atomic mass is 10.2. The first-order chi connectivity index (χ1) is 9.73. The molecule has 0 atom stereocenters. The fourth-order valence-corrected chi connectivity index (χ4v) is 2.09. The summed E-state index contributed by atoms with van der Waals surface area (Å²) in [6.45, 7) is 0. The maximum absolute atomic E-state index is 12.9. The Labute approximate surface area is 133 Å². The van der Waals surface area contributed by atoms with E-state index in [9.17, 15) is 14.0 Å². The quantitative estimate of drug-likeness (QED) is 0.800. The number of halogens is 3. The summed E-state index contributed by atoms with van der Waals surface area (Å²) in [6, 6.07) is 7.52. The van der Waals surface area contributed by atoms with Crippen molar-refractivity contribution in [3.8, 4) is 0 Å². The van der Waals surface area contributed by atoms with Crippen molar-refractivity contribution in [1.29, 1.82) is 0 Å². The van der Waals surface area contributed by atoms with Crippen LogP contribution in [-0.2, 0) is 7.05 Å². The van der Waals surface area contributed by atoms with Gasteiger partial charge in [-0.2, -0.15) is 4.39 Å². The van der Waals surface area contributed by atoms with Crippen LogP contribution in [-0.4, -0.2) is 10.5 Å². The topological polar surface area (TPSA) is 91.1 Å². The Balaban J connectivity index is 0.000000235. The molecule has 1 aromatic carbocycles. The maximum Gasteiger partial charge on any atom is 0.288 e. The minimum absolute atomic E-state index is 0.195. The van der Waals surface area contributed by atoms with E-state index in [1.165, 1.54) is 7.05 Å². The number of carbonyl (C=O) groups is 1. The summed E-state index contributed by atoms with van der Waals surface area (Å²) in [5.41, 5.74) is 8.48. The number of pyridine rings is 1. The lowest BCUT2D eigenvalue weighted by molar-refractivity contribution is 0.1000. The van der Waals surface area contributed by atoms with E-state index >= 15 is 0 Å². The van der Waals surface area contributed by atoms with Crippen LogP contribution in [0.2, 0.25) is 5.02 Å². The number of amides is 1. The smallest absolute Gasteiger partial charge is 0.288 e. The number of nitrogens with zero attached hydrogens (tertiary/aromatic N) is 1. The number of benzene rings is 1. The van der Waals surface area contributed by atoms with Crippen molar-refractivity contribution in [1.82, 2.24) is 4.57 Å². The molecule has 0 aliphatic rings. The Morgan fingerprint density at radius 1 is 1.43 bits per heavy atom. The molecule has 0 bridgehead atoms. The highest BCUT2D eigenvalue weighted by atomic mass is 79.9. The summed E-state index contributed by atoms with van der Waals surface area (Å²) in [7, 11) is 1.30. The number of carbonyl (C=O) groups excluding carboxylic acids is 1. The van der Waals surface area contributed by atoms with E-state index in [-0.39, 0.29) is 5.56 Å². The summed E-state index contributed by atoms with van der Waals surface area (Å²) < 4.78 is 14.9. The molecular weight excluding hydrogens is 365 g/mol. The largest absolute Gasteiger partial charge is 0.395 e. The number of primary amides is 1.